The van der Waals surface area contributed by atoms with Gasteiger partial charge in [-0.1, -0.05) is 11.3 Å². The molecule has 4 nitrogen and oxygen atoms in total. The summed E-state index contributed by atoms with van der Waals surface area (Å²) >= 11 is 6.53. The molecule has 1 aliphatic heterocycles. The smallest absolute Gasteiger partial charge is 0.206 e. The number of hydrogen-bond acceptors (Lipinski definition) is 5. The molecule has 1 fully saturated rings. The SMILES string of the molecule is CN(c1n[nH]c(=S)s1)C1CCOCC1. The second kappa shape index (κ2) is 4.37. The number of nitrogens with one attached hydrogen (secondary N) is 1. The summed E-state index contributed by atoms with van der Waals surface area (Å²) in [7, 11) is 2.07. The Kier molecular flexibility index (Phi) is 3.15. The van der Waals surface area contributed by atoms with Crippen LogP contribution in [0.15, 0.2) is 0 Å². The van der Waals surface area contributed by atoms with Crippen LogP contribution >= 0.6 is 23.6 Å². The molecule has 0 atom stereocenters. The van der Waals surface area contributed by atoms with Crippen LogP contribution in [-0.2, 0) is 4.74 Å². The van der Waals surface area contributed by atoms with E-state index in [1.807, 2.05) is 0 Å². The van der Waals surface area contributed by atoms with Gasteiger partial charge in [0.25, 0.3) is 0 Å². The van der Waals surface area contributed by atoms with E-state index in [1.54, 1.807) is 0 Å². The zero-order chi connectivity index (χ0) is 9.97. The predicted octanol–water partition coefficient (Wildman–Crippen LogP) is 1.82. The molecule has 1 aromatic heterocycles. The predicted molar refractivity (Wildman–Crippen MR) is 59.5 cm³/mol. The molecule has 6 heteroatoms. The lowest BCUT2D eigenvalue weighted by molar-refractivity contribution is 0.0854. The van der Waals surface area contributed by atoms with Crippen molar-refractivity contribution in [3.63, 3.8) is 0 Å². The van der Waals surface area contributed by atoms with Crippen molar-refractivity contribution >= 4 is 28.7 Å². The van der Waals surface area contributed by atoms with Crippen LogP contribution < -0.4 is 4.90 Å². The number of aromatic amines is 1. The molecule has 0 aliphatic carbocycles. The first-order valence-electron chi connectivity index (χ1n) is 4.63. The number of anilines is 1. The molecule has 0 radical (unpaired) electrons. The number of ether oxygens (including phenoxy) is 1. The van der Waals surface area contributed by atoms with E-state index in [0.29, 0.717) is 6.04 Å². The molecule has 2 heterocycles. The standard InChI is InChI=1S/C8H13N3OS2/c1-11(6-2-4-12-5-3-6)7-9-10-8(13)14-7/h6H,2-5H2,1H3,(H,10,13). The Bertz CT molecular complexity index is 342. The van der Waals surface area contributed by atoms with Crippen molar-refractivity contribution in [3.05, 3.63) is 3.95 Å². The van der Waals surface area contributed by atoms with Crippen molar-refractivity contribution in [2.24, 2.45) is 0 Å². The monoisotopic (exact) mass is 231 g/mol. The number of rotatable bonds is 2. The topological polar surface area (TPSA) is 41.2 Å². The molecule has 0 spiro atoms. The Morgan fingerprint density at radius 2 is 2.29 bits per heavy atom. The van der Waals surface area contributed by atoms with Crippen LogP contribution in [-0.4, -0.2) is 36.5 Å². The lowest BCUT2D eigenvalue weighted by atomic mass is 10.1. The number of nitrogens with zero attached hydrogens (tertiary/aromatic N) is 2. The van der Waals surface area contributed by atoms with Gasteiger partial charge in [0.2, 0.25) is 5.13 Å². The normalized spacial score (nSPS) is 18.4. The summed E-state index contributed by atoms with van der Waals surface area (Å²) in [6.07, 6.45) is 2.14. The van der Waals surface area contributed by atoms with Crippen LogP contribution in [0, 0.1) is 3.95 Å². The Hall–Kier alpha value is -0.460. The van der Waals surface area contributed by atoms with Crippen LogP contribution in [0.25, 0.3) is 0 Å². The summed E-state index contributed by atoms with van der Waals surface area (Å²) in [5.74, 6) is 0. The summed E-state index contributed by atoms with van der Waals surface area (Å²) in [6.45, 7) is 1.70. The van der Waals surface area contributed by atoms with Crippen LogP contribution in [0.4, 0.5) is 5.13 Å². The van der Waals surface area contributed by atoms with Crippen LogP contribution in [0.2, 0.25) is 0 Å². The highest BCUT2D eigenvalue weighted by molar-refractivity contribution is 7.73. The molecule has 0 bridgehead atoms. The van der Waals surface area contributed by atoms with E-state index in [-0.39, 0.29) is 0 Å². The van der Waals surface area contributed by atoms with Crippen molar-refractivity contribution in [3.8, 4) is 0 Å². The van der Waals surface area contributed by atoms with Gasteiger partial charge in [0.15, 0.2) is 3.95 Å². The van der Waals surface area contributed by atoms with Gasteiger partial charge in [-0.2, -0.15) is 0 Å². The maximum atomic E-state index is 5.32. The highest BCUT2D eigenvalue weighted by Crippen LogP contribution is 2.22. The van der Waals surface area contributed by atoms with Gasteiger partial charge in [0.05, 0.1) is 0 Å². The molecule has 0 amide bonds. The molecule has 0 unspecified atom stereocenters. The molecular formula is C8H13N3OS2. The van der Waals surface area contributed by atoms with E-state index >= 15 is 0 Å². The van der Waals surface area contributed by atoms with Gasteiger partial charge in [-0.25, -0.2) is 0 Å². The molecule has 1 N–H and O–H groups in total. The lowest BCUT2D eigenvalue weighted by Crippen LogP contribution is -2.36. The zero-order valence-electron chi connectivity index (χ0n) is 8.02. The van der Waals surface area contributed by atoms with Gasteiger partial charge in [-0.15, -0.1) is 5.10 Å². The lowest BCUT2D eigenvalue weighted by Gasteiger charge is -2.30. The van der Waals surface area contributed by atoms with Crippen molar-refractivity contribution in [2.45, 2.75) is 18.9 Å². The van der Waals surface area contributed by atoms with Gasteiger partial charge < -0.3 is 9.64 Å². The zero-order valence-corrected chi connectivity index (χ0v) is 9.66. The molecule has 1 aromatic rings. The highest BCUT2D eigenvalue weighted by Gasteiger charge is 2.20. The van der Waals surface area contributed by atoms with Crippen molar-refractivity contribution < 1.29 is 4.74 Å². The van der Waals surface area contributed by atoms with Crippen molar-refractivity contribution in [2.75, 3.05) is 25.2 Å². The fraction of sp³-hybridized carbons (Fsp3) is 0.750. The third kappa shape index (κ3) is 2.13. The van der Waals surface area contributed by atoms with Crippen LogP contribution in [0.1, 0.15) is 12.8 Å². The van der Waals surface area contributed by atoms with E-state index in [0.717, 1.165) is 35.1 Å². The first-order chi connectivity index (χ1) is 6.77. The van der Waals surface area contributed by atoms with Crippen molar-refractivity contribution in [1.82, 2.24) is 10.2 Å². The molecule has 1 saturated heterocycles. The molecule has 78 valence electrons. The summed E-state index contributed by atoms with van der Waals surface area (Å²) < 4.78 is 6.05. The largest absolute Gasteiger partial charge is 0.381 e. The third-order valence-electron chi connectivity index (χ3n) is 2.47. The summed E-state index contributed by atoms with van der Waals surface area (Å²) in [5, 5.41) is 7.94. The highest BCUT2D eigenvalue weighted by atomic mass is 32.1. The van der Waals surface area contributed by atoms with Crippen LogP contribution in [0.3, 0.4) is 0 Å². The first kappa shape index (κ1) is 10.1. The third-order valence-corrected chi connectivity index (χ3v) is 3.65. The Balaban J connectivity index is 2.06. The van der Waals surface area contributed by atoms with Crippen molar-refractivity contribution in [1.29, 1.82) is 0 Å². The van der Waals surface area contributed by atoms with E-state index in [9.17, 15) is 0 Å². The number of hydrogen-bond donors (Lipinski definition) is 1. The van der Waals surface area contributed by atoms with Gasteiger partial charge in [-0.3, -0.25) is 5.10 Å². The van der Waals surface area contributed by atoms with Gasteiger partial charge >= 0.3 is 0 Å². The van der Waals surface area contributed by atoms with E-state index in [4.69, 9.17) is 17.0 Å². The Morgan fingerprint density at radius 1 is 1.57 bits per heavy atom. The number of H-pyrrole nitrogens is 1. The Labute approximate surface area is 91.9 Å². The average molecular weight is 231 g/mol. The molecule has 0 saturated carbocycles. The van der Waals surface area contributed by atoms with E-state index in [2.05, 4.69) is 22.1 Å². The van der Waals surface area contributed by atoms with Crippen LogP contribution in [0.5, 0.6) is 0 Å². The fourth-order valence-electron chi connectivity index (χ4n) is 1.60. The minimum Gasteiger partial charge on any atom is -0.381 e. The van der Waals surface area contributed by atoms with E-state index in [1.165, 1.54) is 11.3 Å². The molecule has 14 heavy (non-hydrogen) atoms. The van der Waals surface area contributed by atoms with Gasteiger partial charge in [0, 0.05) is 26.3 Å². The Morgan fingerprint density at radius 3 is 2.86 bits per heavy atom. The molecule has 1 aliphatic rings. The second-order valence-electron chi connectivity index (χ2n) is 3.35. The second-order valence-corrected chi connectivity index (χ2v) is 4.99. The first-order valence-corrected chi connectivity index (χ1v) is 5.86. The molecular weight excluding hydrogens is 218 g/mol. The maximum Gasteiger partial charge on any atom is 0.206 e. The van der Waals surface area contributed by atoms with E-state index < -0.39 is 0 Å². The average Bonchev–Trinajstić information content (AvgIpc) is 2.65. The maximum absolute atomic E-state index is 5.32. The summed E-state index contributed by atoms with van der Waals surface area (Å²) in [6, 6.07) is 0.540. The summed E-state index contributed by atoms with van der Waals surface area (Å²) in [5.41, 5.74) is 0. The van der Waals surface area contributed by atoms with Gasteiger partial charge in [0.1, 0.15) is 0 Å². The summed E-state index contributed by atoms with van der Waals surface area (Å²) in [4.78, 5) is 2.19. The fourth-order valence-corrected chi connectivity index (χ4v) is 2.51. The minimum absolute atomic E-state index is 0.540. The molecule has 0 aromatic carbocycles. The molecule has 2 rings (SSSR count). The quantitative estimate of drug-likeness (QED) is 0.788. The van der Waals surface area contributed by atoms with Gasteiger partial charge in [-0.05, 0) is 25.1 Å². The minimum atomic E-state index is 0.540. The number of aromatic nitrogens is 2.